The van der Waals surface area contributed by atoms with E-state index in [0.717, 1.165) is 45.0 Å². The van der Waals surface area contributed by atoms with Crippen LogP contribution >= 0.6 is 24.0 Å². The van der Waals surface area contributed by atoms with Crippen LogP contribution in [0.25, 0.3) is 0 Å². The van der Waals surface area contributed by atoms with Crippen LogP contribution in [0.15, 0.2) is 27.8 Å². The minimum absolute atomic E-state index is 0. The number of carbonyl (C=O) groups excluding carboxylic acids is 1. The van der Waals surface area contributed by atoms with Crippen LogP contribution in [0.1, 0.15) is 36.7 Å². The Morgan fingerprint density at radius 2 is 2.04 bits per heavy atom. The van der Waals surface area contributed by atoms with Crippen LogP contribution < -0.4 is 5.32 Å². The first-order chi connectivity index (χ1) is 12.3. The summed E-state index contributed by atoms with van der Waals surface area (Å²) >= 11 is 0. The standard InChI is InChI=1S/C18H28N4O3.HI/c1-2-19-18(20-14-15-6-3-4-12-24-15)22-10-8-21(9-11-22)17(23)16-7-5-13-25-16;/h5,7,13,15H,2-4,6,8-12,14H2,1H3,(H,19,20);1H. The maximum Gasteiger partial charge on any atom is 0.289 e. The quantitative estimate of drug-likeness (QED) is 0.410. The molecule has 3 heterocycles. The highest BCUT2D eigenvalue weighted by atomic mass is 127. The number of furan rings is 1. The van der Waals surface area contributed by atoms with Crippen molar-refractivity contribution in [3.8, 4) is 0 Å². The van der Waals surface area contributed by atoms with E-state index in [-0.39, 0.29) is 36.0 Å². The lowest BCUT2D eigenvalue weighted by molar-refractivity contribution is 0.0222. The molecule has 0 spiro atoms. The first-order valence-corrected chi connectivity index (χ1v) is 9.25. The zero-order valence-electron chi connectivity index (χ0n) is 15.4. The van der Waals surface area contributed by atoms with E-state index in [1.54, 1.807) is 12.1 Å². The van der Waals surface area contributed by atoms with Gasteiger partial charge in [-0.3, -0.25) is 9.79 Å². The molecule has 8 heteroatoms. The van der Waals surface area contributed by atoms with Gasteiger partial charge in [-0.1, -0.05) is 0 Å². The van der Waals surface area contributed by atoms with E-state index in [9.17, 15) is 4.79 Å². The van der Waals surface area contributed by atoms with Gasteiger partial charge in [0.2, 0.25) is 0 Å². The van der Waals surface area contributed by atoms with Gasteiger partial charge in [0.15, 0.2) is 11.7 Å². The first kappa shape index (κ1) is 21.0. The summed E-state index contributed by atoms with van der Waals surface area (Å²) in [7, 11) is 0. The smallest absolute Gasteiger partial charge is 0.289 e. The lowest BCUT2D eigenvalue weighted by Gasteiger charge is -2.36. The molecule has 0 bridgehead atoms. The molecular weight excluding hydrogens is 447 g/mol. The van der Waals surface area contributed by atoms with Crippen LogP contribution in [0.5, 0.6) is 0 Å². The summed E-state index contributed by atoms with van der Waals surface area (Å²) in [5, 5.41) is 3.36. The highest BCUT2D eigenvalue weighted by Crippen LogP contribution is 2.13. The second kappa shape index (κ2) is 10.8. The normalized spacial score (nSPS) is 21.3. The Bertz CT molecular complexity index is 565. The molecule has 2 aliphatic rings. The van der Waals surface area contributed by atoms with E-state index in [1.807, 2.05) is 4.90 Å². The number of piperazine rings is 1. The zero-order chi connectivity index (χ0) is 17.5. The third-order valence-electron chi connectivity index (χ3n) is 4.65. The lowest BCUT2D eigenvalue weighted by atomic mass is 10.1. The molecule has 2 fully saturated rings. The Kier molecular flexibility index (Phi) is 8.70. The minimum Gasteiger partial charge on any atom is -0.459 e. The van der Waals surface area contributed by atoms with E-state index in [2.05, 4.69) is 17.1 Å². The molecule has 1 amide bonds. The van der Waals surface area contributed by atoms with Gasteiger partial charge in [-0.25, -0.2) is 0 Å². The maximum atomic E-state index is 12.3. The Balaban J connectivity index is 0.00000243. The molecule has 2 aliphatic heterocycles. The number of nitrogens with one attached hydrogen (secondary N) is 1. The SMILES string of the molecule is CCNC(=NCC1CCCCO1)N1CCN(C(=O)c2ccco2)CC1.I. The van der Waals surface area contributed by atoms with Crippen molar-refractivity contribution in [1.29, 1.82) is 0 Å². The predicted molar refractivity (Wildman–Crippen MR) is 111 cm³/mol. The van der Waals surface area contributed by atoms with Crippen molar-refractivity contribution in [2.45, 2.75) is 32.3 Å². The average Bonchev–Trinajstić information content (AvgIpc) is 3.20. The van der Waals surface area contributed by atoms with E-state index >= 15 is 0 Å². The number of carbonyl (C=O) groups is 1. The van der Waals surface area contributed by atoms with Crippen molar-refractivity contribution >= 4 is 35.8 Å². The molecule has 1 N–H and O–H groups in total. The van der Waals surface area contributed by atoms with Crippen molar-refractivity contribution in [1.82, 2.24) is 15.1 Å². The summed E-state index contributed by atoms with van der Waals surface area (Å²) in [6.45, 7) is 7.33. The number of nitrogens with zero attached hydrogens (tertiary/aromatic N) is 3. The fourth-order valence-corrected chi connectivity index (χ4v) is 3.24. The van der Waals surface area contributed by atoms with E-state index in [0.29, 0.717) is 25.4 Å². The summed E-state index contributed by atoms with van der Waals surface area (Å²) in [5.74, 6) is 1.28. The van der Waals surface area contributed by atoms with Crippen molar-refractivity contribution in [2.75, 3.05) is 45.9 Å². The van der Waals surface area contributed by atoms with Crippen molar-refractivity contribution < 1.29 is 13.9 Å². The molecule has 1 aromatic heterocycles. The molecule has 0 radical (unpaired) electrons. The first-order valence-electron chi connectivity index (χ1n) is 9.25. The van der Waals surface area contributed by atoms with Crippen LogP contribution in [-0.2, 0) is 4.74 Å². The van der Waals surface area contributed by atoms with Crippen molar-refractivity contribution in [2.24, 2.45) is 4.99 Å². The van der Waals surface area contributed by atoms with Crippen LogP contribution in [0, 0.1) is 0 Å². The Morgan fingerprint density at radius 1 is 1.27 bits per heavy atom. The van der Waals surface area contributed by atoms with E-state index in [4.69, 9.17) is 14.1 Å². The largest absolute Gasteiger partial charge is 0.459 e. The molecule has 7 nitrogen and oxygen atoms in total. The third-order valence-corrected chi connectivity index (χ3v) is 4.65. The average molecular weight is 476 g/mol. The zero-order valence-corrected chi connectivity index (χ0v) is 17.7. The number of rotatable bonds is 4. The predicted octanol–water partition coefficient (Wildman–Crippen LogP) is 2.19. The second-order valence-corrected chi connectivity index (χ2v) is 6.44. The van der Waals surface area contributed by atoms with Crippen LogP contribution in [0.3, 0.4) is 0 Å². The highest BCUT2D eigenvalue weighted by molar-refractivity contribution is 14.0. The van der Waals surface area contributed by atoms with Gasteiger partial charge >= 0.3 is 0 Å². The number of aliphatic imine (C=N–C) groups is 1. The van der Waals surface area contributed by atoms with Crippen LogP contribution in [0.4, 0.5) is 0 Å². The summed E-state index contributed by atoms with van der Waals surface area (Å²) in [6, 6.07) is 3.46. The number of halogens is 1. The Labute approximate surface area is 172 Å². The summed E-state index contributed by atoms with van der Waals surface area (Å²) in [5.41, 5.74) is 0. The molecule has 0 aromatic carbocycles. The number of guanidine groups is 1. The van der Waals surface area contributed by atoms with Gasteiger partial charge in [0.25, 0.3) is 5.91 Å². The van der Waals surface area contributed by atoms with Crippen LogP contribution in [-0.4, -0.2) is 73.6 Å². The fourth-order valence-electron chi connectivity index (χ4n) is 3.24. The van der Waals surface area contributed by atoms with Gasteiger partial charge in [-0.2, -0.15) is 0 Å². The Morgan fingerprint density at radius 3 is 2.65 bits per heavy atom. The van der Waals surface area contributed by atoms with Gasteiger partial charge in [0, 0.05) is 39.3 Å². The molecule has 1 aromatic rings. The monoisotopic (exact) mass is 476 g/mol. The molecule has 26 heavy (non-hydrogen) atoms. The number of ether oxygens (including phenoxy) is 1. The fraction of sp³-hybridized carbons (Fsp3) is 0.667. The van der Waals surface area contributed by atoms with Gasteiger partial charge in [-0.15, -0.1) is 24.0 Å². The summed E-state index contributed by atoms with van der Waals surface area (Å²) in [6.07, 6.45) is 5.25. The van der Waals surface area contributed by atoms with E-state index < -0.39 is 0 Å². The van der Waals surface area contributed by atoms with Crippen molar-refractivity contribution in [3.05, 3.63) is 24.2 Å². The molecule has 1 atom stereocenters. The number of amides is 1. The van der Waals surface area contributed by atoms with Gasteiger partial charge in [-0.05, 0) is 38.3 Å². The van der Waals surface area contributed by atoms with Crippen molar-refractivity contribution in [3.63, 3.8) is 0 Å². The number of hydrogen-bond acceptors (Lipinski definition) is 4. The molecular formula is C18H29IN4O3. The van der Waals surface area contributed by atoms with Gasteiger partial charge in [0.05, 0.1) is 18.9 Å². The molecule has 2 saturated heterocycles. The van der Waals surface area contributed by atoms with Gasteiger partial charge < -0.3 is 24.3 Å². The molecule has 0 aliphatic carbocycles. The summed E-state index contributed by atoms with van der Waals surface area (Å²) < 4.78 is 11.0. The topological polar surface area (TPSA) is 70.3 Å². The minimum atomic E-state index is -0.0396. The molecule has 0 saturated carbocycles. The Hall–Kier alpha value is -1.29. The van der Waals surface area contributed by atoms with Crippen LogP contribution in [0.2, 0.25) is 0 Å². The number of hydrogen-bond donors (Lipinski definition) is 1. The molecule has 146 valence electrons. The summed E-state index contributed by atoms with van der Waals surface area (Å²) in [4.78, 5) is 21.2. The second-order valence-electron chi connectivity index (χ2n) is 6.44. The molecule has 1 unspecified atom stereocenters. The van der Waals surface area contributed by atoms with Gasteiger partial charge in [0.1, 0.15) is 0 Å². The maximum absolute atomic E-state index is 12.3. The highest BCUT2D eigenvalue weighted by Gasteiger charge is 2.25. The molecule has 3 rings (SSSR count). The van der Waals surface area contributed by atoms with E-state index in [1.165, 1.54) is 12.7 Å². The third kappa shape index (κ3) is 5.60. The lowest BCUT2D eigenvalue weighted by Crippen LogP contribution is -2.54.